The number of carbonyl (C=O) groups is 2. The Kier molecular flexibility index (Phi) is 7.33. The first-order valence-corrected chi connectivity index (χ1v) is 11.6. The van der Waals surface area contributed by atoms with E-state index in [0.29, 0.717) is 49.0 Å². The summed E-state index contributed by atoms with van der Waals surface area (Å²) in [5, 5.41) is 9.91. The number of likely N-dealkylation sites (tertiary alicyclic amines) is 1. The van der Waals surface area contributed by atoms with Crippen molar-refractivity contribution in [3.8, 4) is 5.75 Å². The molecule has 0 bridgehead atoms. The van der Waals surface area contributed by atoms with E-state index in [9.17, 15) is 14.8 Å². The summed E-state index contributed by atoms with van der Waals surface area (Å²) < 4.78 is 6.03. The van der Waals surface area contributed by atoms with Gasteiger partial charge in [0.05, 0.1) is 17.9 Å². The van der Waals surface area contributed by atoms with Gasteiger partial charge in [-0.2, -0.15) is 0 Å². The molecule has 1 aliphatic heterocycles. The maximum atomic E-state index is 13.3. The van der Waals surface area contributed by atoms with Crippen LogP contribution < -0.4 is 10.2 Å². The Morgan fingerprint density at radius 2 is 1.62 bits per heavy atom. The molecule has 1 aliphatic carbocycles. The van der Waals surface area contributed by atoms with E-state index in [4.69, 9.17) is 16.3 Å². The van der Waals surface area contributed by atoms with Crippen LogP contribution in [0.25, 0.3) is 0 Å². The van der Waals surface area contributed by atoms with Crippen LogP contribution in [0.4, 0.5) is 0 Å². The van der Waals surface area contributed by atoms with Gasteiger partial charge >= 0.3 is 0 Å². The van der Waals surface area contributed by atoms with Crippen molar-refractivity contribution < 1.29 is 19.5 Å². The van der Waals surface area contributed by atoms with Gasteiger partial charge < -0.3 is 9.64 Å². The number of nitrogens with one attached hydrogen (secondary N) is 1. The topological polar surface area (TPSA) is 78.9 Å². The molecule has 1 saturated heterocycles. The van der Waals surface area contributed by atoms with Gasteiger partial charge in [0.2, 0.25) is 11.8 Å². The second-order valence-electron chi connectivity index (χ2n) is 8.71. The monoisotopic (exact) mass is 456 g/mol. The molecule has 1 heterocycles. The highest BCUT2D eigenvalue weighted by atomic mass is 35.5. The summed E-state index contributed by atoms with van der Waals surface area (Å²) in [5.74, 6) is -0.441. The summed E-state index contributed by atoms with van der Waals surface area (Å²) in [6.45, 7) is 1.38. The van der Waals surface area contributed by atoms with Crippen LogP contribution >= 0.6 is 11.6 Å². The van der Waals surface area contributed by atoms with Crippen molar-refractivity contribution in [1.29, 1.82) is 0 Å². The molecule has 6 nitrogen and oxygen atoms in total. The third kappa shape index (κ3) is 5.25. The molecule has 2 aromatic rings. The van der Waals surface area contributed by atoms with Gasteiger partial charge in [0.15, 0.2) is 0 Å². The number of rotatable bonds is 5. The number of halogens is 1. The van der Waals surface area contributed by atoms with Crippen LogP contribution in [0.1, 0.15) is 43.6 Å². The molecular weight excluding hydrogens is 428 g/mol. The first kappa shape index (κ1) is 22.6. The molecule has 2 aliphatic rings. The van der Waals surface area contributed by atoms with Crippen LogP contribution in [-0.4, -0.2) is 41.1 Å². The van der Waals surface area contributed by atoms with Crippen LogP contribution in [0.3, 0.4) is 0 Å². The number of piperidine rings is 1. The molecule has 2 N–H and O–H groups in total. The van der Waals surface area contributed by atoms with Crippen LogP contribution in [-0.2, 0) is 9.59 Å². The second-order valence-corrected chi connectivity index (χ2v) is 9.14. The van der Waals surface area contributed by atoms with Gasteiger partial charge in [0.1, 0.15) is 5.75 Å². The number of carbonyl (C=O) groups excluding carboxylic acids is 2. The smallest absolute Gasteiger partial charge is 0.247 e. The Balaban J connectivity index is 1.38. The second kappa shape index (κ2) is 10.4. The lowest BCUT2D eigenvalue weighted by molar-refractivity contribution is -0.149. The van der Waals surface area contributed by atoms with E-state index in [0.717, 1.165) is 12.8 Å². The zero-order chi connectivity index (χ0) is 22.5. The van der Waals surface area contributed by atoms with Gasteiger partial charge in [-0.15, -0.1) is 0 Å². The molecule has 2 fully saturated rings. The van der Waals surface area contributed by atoms with E-state index < -0.39 is 17.7 Å². The van der Waals surface area contributed by atoms with Gasteiger partial charge in [0, 0.05) is 18.1 Å². The molecular formula is C25H29ClN2O4. The average Bonchev–Trinajstić information content (AvgIpc) is 2.85. The van der Waals surface area contributed by atoms with Crippen LogP contribution in [0.15, 0.2) is 54.6 Å². The van der Waals surface area contributed by atoms with Crippen molar-refractivity contribution in [2.75, 3.05) is 13.1 Å². The number of nitrogens with zero attached hydrogens (tertiary/aromatic N) is 1. The molecule has 170 valence electrons. The first-order valence-electron chi connectivity index (χ1n) is 11.2. The zero-order valence-electron chi connectivity index (χ0n) is 18.0. The minimum Gasteiger partial charge on any atom is -0.490 e. The largest absolute Gasteiger partial charge is 0.490 e. The molecule has 2 aromatic carbocycles. The van der Waals surface area contributed by atoms with E-state index in [-0.39, 0.29) is 12.0 Å². The van der Waals surface area contributed by atoms with Crippen molar-refractivity contribution in [2.45, 2.75) is 44.1 Å². The third-order valence-corrected chi connectivity index (χ3v) is 7.01. The highest BCUT2D eigenvalue weighted by molar-refractivity contribution is 6.30. The molecule has 0 spiro atoms. The van der Waals surface area contributed by atoms with Crippen molar-refractivity contribution in [3.05, 3.63) is 65.2 Å². The number of hydrogen-bond donors (Lipinski definition) is 2. The molecule has 2 amide bonds. The number of hydrogen-bond acceptors (Lipinski definition) is 4. The molecule has 32 heavy (non-hydrogen) atoms. The lowest BCUT2D eigenvalue weighted by Crippen LogP contribution is -2.49. The summed E-state index contributed by atoms with van der Waals surface area (Å²) in [6, 6.07) is 17.5. The van der Waals surface area contributed by atoms with Crippen LogP contribution in [0, 0.1) is 11.8 Å². The maximum absolute atomic E-state index is 13.3. The third-order valence-electron chi connectivity index (χ3n) is 6.76. The van der Waals surface area contributed by atoms with Gasteiger partial charge in [-0.25, -0.2) is 5.48 Å². The van der Waals surface area contributed by atoms with E-state index in [1.54, 1.807) is 29.7 Å². The van der Waals surface area contributed by atoms with E-state index in [1.807, 2.05) is 11.0 Å². The lowest BCUT2D eigenvalue weighted by Gasteiger charge is -2.39. The highest BCUT2D eigenvalue weighted by Crippen LogP contribution is 2.36. The molecule has 3 atom stereocenters. The fourth-order valence-electron chi connectivity index (χ4n) is 5.01. The summed E-state index contributed by atoms with van der Waals surface area (Å²) >= 11 is 5.93. The fraction of sp³-hybridized carbons (Fsp3) is 0.440. The zero-order valence-corrected chi connectivity index (χ0v) is 18.7. The van der Waals surface area contributed by atoms with E-state index >= 15 is 0 Å². The Morgan fingerprint density at radius 3 is 2.28 bits per heavy atom. The predicted molar refractivity (Wildman–Crippen MR) is 122 cm³/mol. The molecule has 1 saturated carbocycles. The number of amides is 2. The number of hydroxylamine groups is 1. The number of ether oxygens (including phenoxy) is 1. The predicted octanol–water partition coefficient (Wildman–Crippen LogP) is 4.42. The summed E-state index contributed by atoms with van der Waals surface area (Å²) in [6.07, 6.45) is 3.24. The van der Waals surface area contributed by atoms with E-state index in [1.165, 1.54) is 5.56 Å². The lowest BCUT2D eigenvalue weighted by atomic mass is 9.76. The van der Waals surface area contributed by atoms with Crippen LogP contribution in [0.2, 0.25) is 5.02 Å². The van der Waals surface area contributed by atoms with Crippen LogP contribution in [0.5, 0.6) is 5.75 Å². The Hall–Kier alpha value is -2.57. The van der Waals surface area contributed by atoms with Crippen molar-refractivity contribution in [1.82, 2.24) is 10.4 Å². The molecule has 0 radical (unpaired) electrons. The minimum absolute atomic E-state index is 0.00931. The normalized spacial score (nSPS) is 24.1. The minimum atomic E-state index is -0.620. The van der Waals surface area contributed by atoms with Gasteiger partial charge in [-0.1, -0.05) is 41.9 Å². The van der Waals surface area contributed by atoms with Crippen molar-refractivity contribution >= 4 is 23.4 Å². The van der Waals surface area contributed by atoms with Crippen molar-refractivity contribution in [3.63, 3.8) is 0 Å². The standard InChI is InChI=1S/C25H29ClN2O4/c26-19-6-8-20(9-7-19)32-21-10-11-22(23(16-21)24(29)27-31)25(30)28-14-12-18(13-15-28)17-4-2-1-3-5-17/h1-9,18,21-23,31H,10-16H2,(H,27,29)/t21-,22+,23+/m1/s1. The summed E-state index contributed by atoms with van der Waals surface area (Å²) in [7, 11) is 0. The van der Waals surface area contributed by atoms with Gasteiger partial charge in [0.25, 0.3) is 0 Å². The summed E-state index contributed by atoms with van der Waals surface area (Å²) in [4.78, 5) is 27.7. The first-order chi connectivity index (χ1) is 15.5. The van der Waals surface area contributed by atoms with Crippen molar-refractivity contribution in [2.24, 2.45) is 11.8 Å². The quantitative estimate of drug-likeness (QED) is 0.515. The fourth-order valence-corrected chi connectivity index (χ4v) is 5.13. The molecule has 7 heteroatoms. The molecule has 4 rings (SSSR count). The number of benzene rings is 2. The average molecular weight is 457 g/mol. The van der Waals surface area contributed by atoms with Gasteiger partial charge in [-0.05, 0) is 67.9 Å². The Bertz CT molecular complexity index is 913. The van der Waals surface area contributed by atoms with Gasteiger partial charge in [-0.3, -0.25) is 14.8 Å². The highest BCUT2D eigenvalue weighted by Gasteiger charge is 2.42. The Morgan fingerprint density at radius 1 is 0.938 bits per heavy atom. The molecule has 0 unspecified atom stereocenters. The van der Waals surface area contributed by atoms with E-state index in [2.05, 4.69) is 24.3 Å². The SMILES string of the molecule is O=C(NO)[C@H]1C[C@H](Oc2ccc(Cl)cc2)CC[C@@H]1C(=O)N1CCC(c2ccccc2)CC1. The Labute approximate surface area is 193 Å². The maximum Gasteiger partial charge on any atom is 0.247 e. The summed E-state index contributed by atoms with van der Waals surface area (Å²) in [5.41, 5.74) is 3.08. The molecule has 0 aromatic heterocycles.